The summed E-state index contributed by atoms with van der Waals surface area (Å²) in [4.78, 5) is 2.16. The van der Waals surface area contributed by atoms with E-state index in [9.17, 15) is 0 Å². The van der Waals surface area contributed by atoms with Crippen LogP contribution in [0.5, 0.6) is 0 Å². The number of nitrogens with zero attached hydrogens (tertiary/aromatic N) is 2. The highest BCUT2D eigenvalue weighted by atomic mass is 32.1. The fourth-order valence-electron chi connectivity index (χ4n) is 1.57. The molecular formula is C12H15N3S. The van der Waals surface area contributed by atoms with Crippen molar-refractivity contribution in [1.29, 1.82) is 0 Å². The largest absolute Gasteiger partial charge is 0.382 e. The van der Waals surface area contributed by atoms with Gasteiger partial charge in [0.15, 0.2) is 0 Å². The fourth-order valence-corrected chi connectivity index (χ4v) is 2.43. The lowest BCUT2D eigenvalue weighted by atomic mass is 10.1. The van der Waals surface area contributed by atoms with E-state index >= 15 is 0 Å². The molecule has 0 saturated heterocycles. The van der Waals surface area contributed by atoms with Crippen LogP contribution in [0.4, 0.5) is 10.8 Å². The maximum Gasteiger partial charge on any atom is 0.147 e. The van der Waals surface area contributed by atoms with Gasteiger partial charge in [-0.3, -0.25) is 0 Å². The molecule has 16 heavy (non-hydrogen) atoms. The molecule has 0 aliphatic rings. The molecule has 1 heterocycles. The van der Waals surface area contributed by atoms with Crippen molar-refractivity contribution in [2.45, 2.75) is 6.92 Å². The van der Waals surface area contributed by atoms with Gasteiger partial charge in [0, 0.05) is 13.6 Å². The highest BCUT2D eigenvalue weighted by Crippen LogP contribution is 2.38. The van der Waals surface area contributed by atoms with Crippen LogP contribution in [-0.4, -0.2) is 18.0 Å². The summed E-state index contributed by atoms with van der Waals surface area (Å²) in [6.45, 7) is 3.06. The maximum absolute atomic E-state index is 5.94. The minimum absolute atomic E-state index is 0.617. The molecule has 0 amide bonds. The van der Waals surface area contributed by atoms with Crippen molar-refractivity contribution in [2.24, 2.45) is 0 Å². The monoisotopic (exact) mass is 233 g/mol. The van der Waals surface area contributed by atoms with Gasteiger partial charge in [0.05, 0.1) is 5.56 Å². The molecule has 0 bridgehead atoms. The lowest BCUT2D eigenvalue weighted by Crippen LogP contribution is -2.15. The number of anilines is 2. The zero-order valence-electron chi connectivity index (χ0n) is 9.47. The van der Waals surface area contributed by atoms with E-state index < -0.39 is 0 Å². The Kier molecular flexibility index (Phi) is 3.10. The summed E-state index contributed by atoms with van der Waals surface area (Å²) < 4.78 is 4.24. The third-order valence-electron chi connectivity index (χ3n) is 2.58. The van der Waals surface area contributed by atoms with Gasteiger partial charge in [0.25, 0.3) is 0 Å². The molecule has 0 saturated carbocycles. The summed E-state index contributed by atoms with van der Waals surface area (Å²) in [5, 5.41) is 1.13. The van der Waals surface area contributed by atoms with E-state index in [0.29, 0.717) is 5.82 Å². The number of hydrogen-bond donors (Lipinski definition) is 1. The third kappa shape index (κ3) is 1.88. The molecule has 0 aliphatic carbocycles. The smallest absolute Gasteiger partial charge is 0.147 e. The number of rotatable bonds is 3. The first kappa shape index (κ1) is 11.0. The Morgan fingerprint density at radius 3 is 2.62 bits per heavy atom. The summed E-state index contributed by atoms with van der Waals surface area (Å²) in [5.41, 5.74) is 8.12. The summed E-state index contributed by atoms with van der Waals surface area (Å²) in [7, 11) is 2.05. The van der Waals surface area contributed by atoms with Gasteiger partial charge in [0.1, 0.15) is 10.8 Å². The standard InChI is InChI=1S/C12H15N3S/c1-3-15(2)12-10(11(13)14-16-12)9-7-5-4-6-8-9/h4-8H,3H2,1-2H3,(H2,13,14). The van der Waals surface area contributed by atoms with Crippen molar-refractivity contribution in [3.8, 4) is 11.1 Å². The molecule has 2 aromatic rings. The van der Waals surface area contributed by atoms with Gasteiger partial charge in [-0.15, -0.1) is 0 Å². The van der Waals surface area contributed by atoms with Crippen molar-refractivity contribution in [2.75, 3.05) is 24.2 Å². The van der Waals surface area contributed by atoms with Crippen LogP contribution in [0.15, 0.2) is 30.3 Å². The van der Waals surface area contributed by atoms with E-state index in [4.69, 9.17) is 5.73 Å². The zero-order valence-corrected chi connectivity index (χ0v) is 10.3. The van der Waals surface area contributed by atoms with Gasteiger partial charge in [-0.25, -0.2) is 0 Å². The Hall–Kier alpha value is -1.55. The number of aromatic nitrogens is 1. The second kappa shape index (κ2) is 4.53. The Labute approximate surface area is 99.7 Å². The van der Waals surface area contributed by atoms with Crippen LogP contribution in [-0.2, 0) is 0 Å². The Balaban J connectivity index is 2.52. The average molecular weight is 233 g/mol. The van der Waals surface area contributed by atoms with Crippen molar-refractivity contribution >= 4 is 22.4 Å². The normalized spacial score (nSPS) is 10.4. The Bertz CT molecular complexity index is 464. The van der Waals surface area contributed by atoms with Gasteiger partial charge in [-0.2, -0.15) is 4.37 Å². The molecule has 0 fully saturated rings. The maximum atomic E-state index is 5.94. The van der Waals surface area contributed by atoms with Crippen LogP contribution < -0.4 is 10.6 Å². The van der Waals surface area contributed by atoms with E-state index in [1.807, 2.05) is 18.2 Å². The van der Waals surface area contributed by atoms with Gasteiger partial charge < -0.3 is 10.6 Å². The van der Waals surface area contributed by atoms with E-state index in [0.717, 1.165) is 22.7 Å². The second-order valence-corrected chi connectivity index (χ2v) is 4.38. The predicted octanol–water partition coefficient (Wildman–Crippen LogP) is 2.85. The van der Waals surface area contributed by atoms with Crippen LogP contribution in [0, 0.1) is 0 Å². The van der Waals surface area contributed by atoms with Crippen LogP contribution in [0.3, 0.4) is 0 Å². The lowest BCUT2D eigenvalue weighted by Gasteiger charge is -2.16. The van der Waals surface area contributed by atoms with Gasteiger partial charge in [-0.05, 0) is 24.0 Å². The minimum Gasteiger partial charge on any atom is -0.382 e. The molecule has 2 rings (SSSR count). The fraction of sp³-hybridized carbons (Fsp3) is 0.250. The summed E-state index contributed by atoms with van der Waals surface area (Å²) >= 11 is 1.45. The summed E-state index contributed by atoms with van der Waals surface area (Å²) in [6.07, 6.45) is 0. The van der Waals surface area contributed by atoms with Crippen LogP contribution >= 0.6 is 11.5 Å². The first-order chi connectivity index (χ1) is 7.74. The van der Waals surface area contributed by atoms with Crippen molar-refractivity contribution in [1.82, 2.24) is 4.37 Å². The molecular weight excluding hydrogens is 218 g/mol. The molecule has 0 spiro atoms. The van der Waals surface area contributed by atoms with E-state index in [1.165, 1.54) is 11.5 Å². The number of benzene rings is 1. The van der Waals surface area contributed by atoms with Crippen molar-refractivity contribution in [3.05, 3.63) is 30.3 Å². The van der Waals surface area contributed by atoms with Crippen LogP contribution in [0.1, 0.15) is 6.92 Å². The van der Waals surface area contributed by atoms with Crippen molar-refractivity contribution < 1.29 is 0 Å². The van der Waals surface area contributed by atoms with E-state index in [-0.39, 0.29) is 0 Å². The van der Waals surface area contributed by atoms with Gasteiger partial charge >= 0.3 is 0 Å². The van der Waals surface area contributed by atoms with Crippen molar-refractivity contribution in [3.63, 3.8) is 0 Å². The molecule has 2 N–H and O–H groups in total. The number of nitrogen functional groups attached to an aromatic ring is 1. The zero-order chi connectivity index (χ0) is 11.5. The molecule has 4 heteroatoms. The van der Waals surface area contributed by atoms with Gasteiger partial charge in [0.2, 0.25) is 0 Å². The first-order valence-electron chi connectivity index (χ1n) is 5.25. The molecule has 0 radical (unpaired) electrons. The number of hydrogen-bond acceptors (Lipinski definition) is 4. The SMILES string of the molecule is CCN(C)c1snc(N)c1-c1ccccc1. The van der Waals surface area contributed by atoms with Gasteiger partial charge in [-0.1, -0.05) is 30.3 Å². The second-order valence-electron chi connectivity index (χ2n) is 3.63. The molecule has 84 valence electrons. The molecule has 0 unspecified atom stereocenters. The topological polar surface area (TPSA) is 42.2 Å². The highest BCUT2D eigenvalue weighted by Gasteiger charge is 2.15. The highest BCUT2D eigenvalue weighted by molar-refractivity contribution is 7.11. The molecule has 0 aliphatic heterocycles. The quantitative estimate of drug-likeness (QED) is 0.886. The molecule has 1 aromatic carbocycles. The molecule has 3 nitrogen and oxygen atoms in total. The van der Waals surface area contributed by atoms with Crippen LogP contribution in [0.25, 0.3) is 11.1 Å². The van der Waals surface area contributed by atoms with E-state index in [1.54, 1.807) is 0 Å². The summed E-state index contributed by atoms with van der Waals surface area (Å²) in [6, 6.07) is 10.2. The lowest BCUT2D eigenvalue weighted by molar-refractivity contribution is 0.983. The molecule has 1 aromatic heterocycles. The average Bonchev–Trinajstić information content (AvgIpc) is 2.71. The first-order valence-corrected chi connectivity index (χ1v) is 6.03. The van der Waals surface area contributed by atoms with E-state index in [2.05, 4.69) is 35.4 Å². The molecule has 0 atom stereocenters. The Morgan fingerprint density at radius 1 is 1.31 bits per heavy atom. The number of nitrogens with two attached hydrogens (primary N) is 1. The third-order valence-corrected chi connectivity index (χ3v) is 3.56. The Morgan fingerprint density at radius 2 is 2.00 bits per heavy atom. The predicted molar refractivity (Wildman–Crippen MR) is 70.9 cm³/mol. The minimum atomic E-state index is 0.617. The summed E-state index contributed by atoms with van der Waals surface area (Å²) in [5.74, 6) is 0.617. The van der Waals surface area contributed by atoms with Crippen LogP contribution in [0.2, 0.25) is 0 Å².